The smallest absolute Gasteiger partial charge is 0.191 e. The van der Waals surface area contributed by atoms with Gasteiger partial charge in [-0.25, -0.2) is 0 Å². The lowest BCUT2D eigenvalue weighted by Gasteiger charge is -2.33. The van der Waals surface area contributed by atoms with Gasteiger partial charge in [0.25, 0.3) is 0 Å². The van der Waals surface area contributed by atoms with E-state index < -0.39 is 0 Å². The highest BCUT2D eigenvalue weighted by atomic mass is 15.5. The second kappa shape index (κ2) is 5.36. The van der Waals surface area contributed by atoms with Crippen LogP contribution in [0.4, 0.5) is 0 Å². The van der Waals surface area contributed by atoms with Crippen molar-refractivity contribution in [2.75, 3.05) is 6.54 Å². The minimum atomic E-state index is 0.135. The molecule has 0 aromatic carbocycles. The van der Waals surface area contributed by atoms with E-state index in [0.717, 1.165) is 12.4 Å². The number of rotatable bonds is 4. The van der Waals surface area contributed by atoms with Gasteiger partial charge in [0.1, 0.15) is 0 Å². The number of nitrogens with one attached hydrogen (secondary N) is 2. The summed E-state index contributed by atoms with van der Waals surface area (Å²) in [4.78, 5) is 0. The molecule has 0 saturated heterocycles. The van der Waals surface area contributed by atoms with Gasteiger partial charge in [0.2, 0.25) is 0 Å². The molecule has 1 saturated carbocycles. The van der Waals surface area contributed by atoms with E-state index in [9.17, 15) is 0 Å². The molecule has 1 heterocycles. The summed E-state index contributed by atoms with van der Waals surface area (Å²) < 4.78 is 0. The van der Waals surface area contributed by atoms with Crippen LogP contribution in [0.2, 0.25) is 0 Å². The van der Waals surface area contributed by atoms with Crippen LogP contribution >= 0.6 is 0 Å². The summed E-state index contributed by atoms with van der Waals surface area (Å²) >= 11 is 0. The van der Waals surface area contributed by atoms with Crippen molar-refractivity contribution in [3.63, 3.8) is 0 Å². The van der Waals surface area contributed by atoms with Gasteiger partial charge >= 0.3 is 0 Å². The lowest BCUT2D eigenvalue weighted by Crippen LogP contribution is -2.43. The number of nitrogens with zero attached hydrogens (tertiary/aromatic N) is 3. The van der Waals surface area contributed by atoms with Crippen LogP contribution in [0.5, 0.6) is 0 Å². The molecular formula is C10H20N6. The van der Waals surface area contributed by atoms with E-state index in [1.165, 1.54) is 25.7 Å². The van der Waals surface area contributed by atoms with Gasteiger partial charge in [-0.3, -0.25) is 0 Å². The molecule has 6 heteroatoms. The van der Waals surface area contributed by atoms with Gasteiger partial charge in [-0.15, -0.1) is 10.2 Å². The molecule has 3 unspecified atom stereocenters. The molecule has 0 bridgehead atoms. The fourth-order valence-corrected chi connectivity index (χ4v) is 2.46. The summed E-state index contributed by atoms with van der Waals surface area (Å²) in [5.74, 6) is 1.31. The summed E-state index contributed by atoms with van der Waals surface area (Å²) in [6, 6.07) is 0.628. The van der Waals surface area contributed by atoms with Crippen LogP contribution in [0, 0.1) is 5.92 Å². The van der Waals surface area contributed by atoms with E-state index >= 15 is 0 Å². The van der Waals surface area contributed by atoms with Gasteiger partial charge in [-0.05, 0) is 32.2 Å². The Morgan fingerprint density at radius 3 is 3.00 bits per heavy atom. The first-order valence-corrected chi connectivity index (χ1v) is 6.00. The molecule has 90 valence electrons. The Labute approximate surface area is 95.4 Å². The van der Waals surface area contributed by atoms with E-state index in [2.05, 4.69) is 32.9 Å². The lowest BCUT2D eigenvalue weighted by molar-refractivity contribution is 0.249. The fraction of sp³-hybridized carbons (Fsp3) is 0.900. The zero-order valence-electron chi connectivity index (χ0n) is 9.69. The van der Waals surface area contributed by atoms with E-state index in [-0.39, 0.29) is 6.04 Å². The number of tetrazole rings is 1. The molecule has 2 rings (SSSR count). The molecule has 0 aliphatic heterocycles. The van der Waals surface area contributed by atoms with Crippen LogP contribution in [-0.2, 0) is 0 Å². The van der Waals surface area contributed by atoms with Crippen molar-refractivity contribution in [1.82, 2.24) is 25.9 Å². The molecule has 0 amide bonds. The molecule has 0 radical (unpaired) electrons. The first-order chi connectivity index (χ1) is 7.81. The zero-order valence-corrected chi connectivity index (χ0v) is 9.69. The van der Waals surface area contributed by atoms with Crippen LogP contribution < -0.4 is 11.1 Å². The minimum Gasteiger partial charge on any atom is -0.330 e. The van der Waals surface area contributed by atoms with Crippen molar-refractivity contribution in [1.29, 1.82) is 0 Å². The number of hydrogen-bond acceptors (Lipinski definition) is 5. The average Bonchev–Trinajstić information content (AvgIpc) is 2.83. The normalized spacial score (nSPS) is 27.9. The van der Waals surface area contributed by atoms with E-state index in [0.29, 0.717) is 12.0 Å². The number of H-pyrrole nitrogens is 1. The third-order valence-electron chi connectivity index (χ3n) is 3.42. The Bertz CT molecular complexity index is 298. The van der Waals surface area contributed by atoms with Gasteiger partial charge in [0.15, 0.2) is 5.82 Å². The number of nitrogens with two attached hydrogens (primary N) is 1. The van der Waals surface area contributed by atoms with Gasteiger partial charge in [-0.2, -0.15) is 5.21 Å². The van der Waals surface area contributed by atoms with Crippen molar-refractivity contribution < 1.29 is 0 Å². The van der Waals surface area contributed by atoms with Crippen molar-refractivity contribution in [2.24, 2.45) is 11.7 Å². The third-order valence-corrected chi connectivity index (χ3v) is 3.42. The third kappa shape index (κ3) is 2.56. The Hall–Kier alpha value is -1.01. The molecular weight excluding hydrogens is 204 g/mol. The highest BCUT2D eigenvalue weighted by Gasteiger charge is 2.26. The van der Waals surface area contributed by atoms with Crippen LogP contribution in [0.3, 0.4) is 0 Å². The molecule has 1 aliphatic carbocycles. The molecule has 1 aromatic rings. The maximum absolute atomic E-state index is 5.80. The molecule has 1 fully saturated rings. The lowest BCUT2D eigenvalue weighted by atomic mass is 9.84. The highest BCUT2D eigenvalue weighted by molar-refractivity contribution is 4.91. The van der Waals surface area contributed by atoms with Crippen molar-refractivity contribution >= 4 is 0 Å². The summed E-state index contributed by atoms with van der Waals surface area (Å²) in [5, 5.41) is 17.6. The number of hydrogen-bond donors (Lipinski definition) is 3. The van der Waals surface area contributed by atoms with Gasteiger partial charge in [0, 0.05) is 6.04 Å². The van der Waals surface area contributed by atoms with Gasteiger partial charge in [-0.1, -0.05) is 18.1 Å². The largest absolute Gasteiger partial charge is 0.330 e. The van der Waals surface area contributed by atoms with Crippen molar-refractivity contribution in [3.8, 4) is 0 Å². The molecule has 16 heavy (non-hydrogen) atoms. The van der Waals surface area contributed by atoms with Gasteiger partial charge in [0.05, 0.1) is 6.04 Å². The maximum Gasteiger partial charge on any atom is 0.191 e. The van der Waals surface area contributed by atoms with Crippen LogP contribution in [0.25, 0.3) is 0 Å². The zero-order chi connectivity index (χ0) is 11.4. The molecule has 1 aromatic heterocycles. The number of aromatic amines is 1. The van der Waals surface area contributed by atoms with E-state index in [1.54, 1.807) is 0 Å². The fourth-order valence-electron chi connectivity index (χ4n) is 2.46. The molecule has 1 aliphatic rings. The van der Waals surface area contributed by atoms with E-state index in [1.807, 2.05) is 0 Å². The highest BCUT2D eigenvalue weighted by Crippen LogP contribution is 2.25. The monoisotopic (exact) mass is 224 g/mol. The van der Waals surface area contributed by atoms with Crippen LogP contribution in [0.15, 0.2) is 0 Å². The summed E-state index contributed by atoms with van der Waals surface area (Å²) in [6.45, 7) is 2.82. The first-order valence-electron chi connectivity index (χ1n) is 6.00. The minimum absolute atomic E-state index is 0.135. The second-order valence-corrected chi connectivity index (χ2v) is 4.55. The molecule has 3 atom stereocenters. The predicted octanol–water partition coefficient (Wildman–Crippen LogP) is 0.368. The quantitative estimate of drug-likeness (QED) is 0.687. The topological polar surface area (TPSA) is 92.5 Å². The Morgan fingerprint density at radius 2 is 2.31 bits per heavy atom. The van der Waals surface area contributed by atoms with E-state index in [4.69, 9.17) is 5.73 Å². The number of aromatic nitrogens is 4. The second-order valence-electron chi connectivity index (χ2n) is 4.55. The average molecular weight is 224 g/mol. The summed E-state index contributed by atoms with van der Waals surface area (Å²) in [6.07, 6.45) is 5.01. The van der Waals surface area contributed by atoms with Gasteiger partial charge < -0.3 is 11.1 Å². The Morgan fingerprint density at radius 1 is 1.50 bits per heavy atom. The molecule has 0 spiro atoms. The standard InChI is InChI=1S/C10H20N6/c1-7(10-13-15-16-14-10)12-9-5-3-2-4-8(9)6-11/h7-9,12H,2-6,11H2,1H3,(H,13,14,15,16). The Balaban J connectivity index is 1.92. The first kappa shape index (κ1) is 11.5. The van der Waals surface area contributed by atoms with Crippen LogP contribution in [-0.4, -0.2) is 33.2 Å². The molecule has 6 nitrogen and oxygen atoms in total. The Kier molecular flexibility index (Phi) is 3.84. The van der Waals surface area contributed by atoms with Crippen molar-refractivity contribution in [3.05, 3.63) is 5.82 Å². The van der Waals surface area contributed by atoms with Crippen LogP contribution in [0.1, 0.15) is 44.5 Å². The molecule has 4 N–H and O–H groups in total. The van der Waals surface area contributed by atoms with Crippen molar-refractivity contribution in [2.45, 2.75) is 44.7 Å². The SMILES string of the molecule is CC(NC1CCCCC1CN)c1nn[nH]n1. The predicted molar refractivity (Wildman–Crippen MR) is 60.5 cm³/mol. The maximum atomic E-state index is 5.80. The summed E-state index contributed by atoms with van der Waals surface area (Å²) in [5.41, 5.74) is 5.80. The summed E-state index contributed by atoms with van der Waals surface area (Å²) in [7, 11) is 0.